The van der Waals surface area contributed by atoms with Gasteiger partial charge in [0.25, 0.3) is 5.69 Å². The fraction of sp³-hybridized carbons (Fsp3) is 0.250. The van der Waals surface area contributed by atoms with E-state index in [-0.39, 0.29) is 0 Å². The highest BCUT2D eigenvalue weighted by Gasteiger charge is 2.42. The fourth-order valence-corrected chi connectivity index (χ4v) is 2.12. The zero-order chi connectivity index (χ0) is 15.7. The summed E-state index contributed by atoms with van der Waals surface area (Å²) in [6, 6.07) is 0.755. The minimum absolute atomic E-state index is 0.329. The highest BCUT2D eigenvalue weighted by Crippen LogP contribution is 2.40. The fourth-order valence-electron chi connectivity index (χ4n) is 1.28. The summed E-state index contributed by atoms with van der Waals surface area (Å²) in [4.78, 5) is 17.8. The number of alkyl halides is 3. The molecule has 1 aromatic carbocycles. The van der Waals surface area contributed by atoms with E-state index < -0.39 is 48.2 Å². The number of methoxy groups -OCH3 is 1. The predicted molar refractivity (Wildman–Crippen MR) is 58.8 cm³/mol. The van der Waals surface area contributed by atoms with Gasteiger partial charge in [-0.15, -0.1) is 0 Å². The van der Waals surface area contributed by atoms with Crippen molar-refractivity contribution in [1.29, 1.82) is 0 Å². The van der Waals surface area contributed by atoms with E-state index in [9.17, 15) is 37.6 Å². The van der Waals surface area contributed by atoms with Crippen LogP contribution in [0.5, 0.6) is 5.75 Å². The predicted octanol–water partition coefficient (Wildman–Crippen LogP) is 2.14. The van der Waals surface area contributed by atoms with Gasteiger partial charge in [-0.3, -0.25) is 20.2 Å². The molecule has 1 atom stereocenters. The molecule has 0 saturated carbocycles. The lowest BCUT2D eigenvalue weighted by Crippen LogP contribution is -2.17. The Hall–Kier alpha value is -2.24. The van der Waals surface area contributed by atoms with Crippen LogP contribution in [0.15, 0.2) is 17.0 Å². The van der Waals surface area contributed by atoms with Crippen LogP contribution < -0.4 is 4.74 Å². The van der Waals surface area contributed by atoms with Crippen molar-refractivity contribution >= 4 is 22.2 Å². The molecule has 0 saturated heterocycles. The SMILES string of the molecule is COc1c([N+](=O)[O-])cc([N+](=O)[O-])cc1S(=O)C(F)(F)F. The van der Waals surface area contributed by atoms with Gasteiger partial charge in [-0.1, -0.05) is 0 Å². The number of nitro groups is 2. The van der Waals surface area contributed by atoms with Crippen LogP contribution in [0.25, 0.3) is 0 Å². The van der Waals surface area contributed by atoms with Gasteiger partial charge < -0.3 is 4.74 Å². The van der Waals surface area contributed by atoms with Crippen molar-refractivity contribution < 1.29 is 32.0 Å². The summed E-state index contributed by atoms with van der Waals surface area (Å²) >= 11 is 0. The van der Waals surface area contributed by atoms with Gasteiger partial charge in [0.1, 0.15) is 4.90 Å². The average molecular weight is 314 g/mol. The van der Waals surface area contributed by atoms with E-state index in [1.807, 2.05) is 0 Å². The Labute approximate surface area is 110 Å². The second kappa shape index (κ2) is 5.40. The highest BCUT2D eigenvalue weighted by molar-refractivity contribution is 7.86. The molecule has 0 fully saturated rings. The maximum atomic E-state index is 12.4. The van der Waals surface area contributed by atoms with Gasteiger partial charge in [-0.25, -0.2) is 4.21 Å². The second-order valence-electron chi connectivity index (χ2n) is 3.22. The quantitative estimate of drug-likeness (QED) is 0.621. The van der Waals surface area contributed by atoms with Crippen LogP contribution in [-0.2, 0) is 10.8 Å². The van der Waals surface area contributed by atoms with Gasteiger partial charge in [-0.05, 0) is 0 Å². The number of halogens is 3. The minimum atomic E-state index is -5.24. The van der Waals surface area contributed by atoms with Crippen molar-refractivity contribution in [1.82, 2.24) is 0 Å². The van der Waals surface area contributed by atoms with E-state index in [4.69, 9.17) is 0 Å². The molecule has 1 unspecified atom stereocenters. The third-order valence-corrected chi connectivity index (χ3v) is 3.16. The first-order valence-corrected chi connectivity index (χ1v) is 5.74. The number of ether oxygens (including phenoxy) is 1. The lowest BCUT2D eigenvalue weighted by Gasteiger charge is -2.10. The molecule has 20 heavy (non-hydrogen) atoms. The van der Waals surface area contributed by atoms with E-state index in [1.54, 1.807) is 0 Å². The first-order valence-electron chi connectivity index (χ1n) is 4.59. The highest BCUT2D eigenvalue weighted by atomic mass is 32.2. The van der Waals surface area contributed by atoms with Crippen molar-refractivity contribution in [3.8, 4) is 5.75 Å². The zero-order valence-electron chi connectivity index (χ0n) is 9.54. The molecule has 0 aromatic heterocycles. The van der Waals surface area contributed by atoms with E-state index in [0.717, 1.165) is 7.11 Å². The van der Waals surface area contributed by atoms with E-state index >= 15 is 0 Å². The van der Waals surface area contributed by atoms with E-state index in [2.05, 4.69) is 4.74 Å². The van der Waals surface area contributed by atoms with Crippen LogP contribution in [0.3, 0.4) is 0 Å². The molecular weight excluding hydrogens is 309 g/mol. The van der Waals surface area contributed by atoms with Crippen LogP contribution >= 0.6 is 0 Å². The van der Waals surface area contributed by atoms with Crippen molar-refractivity contribution in [2.45, 2.75) is 10.4 Å². The van der Waals surface area contributed by atoms with Gasteiger partial charge in [0.2, 0.25) is 5.75 Å². The smallest absolute Gasteiger partial charge is 0.476 e. The van der Waals surface area contributed by atoms with Gasteiger partial charge in [-0.2, -0.15) is 13.2 Å². The molecule has 0 aliphatic carbocycles. The Morgan fingerprint density at radius 2 is 1.75 bits per heavy atom. The molecule has 0 radical (unpaired) electrons. The van der Waals surface area contributed by atoms with Crippen LogP contribution in [-0.4, -0.2) is 26.7 Å². The lowest BCUT2D eigenvalue weighted by atomic mass is 10.2. The summed E-state index contributed by atoms with van der Waals surface area (Å²) in [5.41, 5.74) is -7.31. The lowest BCUT2D eigenvalue weighted by molar-refractivity contribution is -0.395. The standard InChI is InChI=1S/C8H5F3N2O6S/c1-19-7-5(13(16)17)2-4(12(14)15)3-6(7)20(18)8(9,10)11/h2-3H,1H3. The van der Waals surface area contributed by atoms with Crippen molar-refractivity contribution in [3.05, 3.63) is 32.4 Å². The Morgan fingerprint density at radius 3 is 2.10 bits per heavy atom. The summed E-state index contributed by atoms with van der Waals surface area (Å²) < 4.78 is 53.0. The van der Waals surface area contributed by atoms with Gasteiger partial charge in [0, 0.05) is 6.07 Å². The maximum Gasteiger partial charge on any atom is 0.476 e. The summed E-state index contributed by atoms with van der Waals surface area (Å²) in [5.74, 6) is -0.934. The number of rotatable bonds is 4. The van der Waals surface area contributed by atoms with Crippen molar-refractivity contribution in [2.24, 2.45) is 0 Å². The number of non-ortho nitro benzene ring substituents is 1. The number of nitrogens with zero attached hydrogens (tertiary/aromatic N) is 2. The van der Waals surface area contributed by atoms with E-state index in [0.29, 0.717) is 12.1 Å². The number of hydrogen-bond acceptors (Lipinski definition) is 6. The van der Waals surface area contributed by atoms with Crippen LogP contribution in [0.4, 0.5) is 24.5 Å². The van der Waals surface area contributed by atoms with Crippen LogP contribution in [0.1, 0.15) is 0 Å². The third kappa shape index (κ3) is 3.01. The number of benzene rings is 1. The van der Waals surface area contributed by atoms with Crippen molar-refractivity contribution in [3.63, 3.8) is 0 Å². The first kappa shape index (κ1) is 15.8. The van der Waals surface area contributed by atoms with Crippen molar-refractivity contribution in [2.75, 3.05) is 7.11 Å². The molecular formula is C8H5F3N2O6S. The van der Waals surface area contributed by atoms with Gasteiger partial charge in [0.15, 0.2) is 10.8 Å². The summed E-state index contributed by atoms with van der Waals surface area (Å²) in [6.45, 7) is 0. The Kier molecular flexibility index (Phi) is 4.27. The largest absolute Gasteiger partial charge is 0.489 e. The number of hydrogen-bond donors (Lipinski definition) is 0. The molecule has 0 spiro atoms. The second-order valence-corrected chi connectivity index (χ2v) is 4.67. The average Bonchev–Trinajstić information content (AvgIpc) is 2.34. The Morgan fingerprint density at radius 1 is 1.20 bits per heavy atom. The molecule has 0 heterocycles. The maximum absolute atomic E-state index is 12.4. The Bertz CT molecular complexity index is 603. The Balaban J connectivity index is 3.68. The molecule has 1 aromatic rings. The van der Waals surface area contributed by atoms with Crippen LogP contribution in [0.2, 0.25) is 0 Å². The van der Waals surface area contributed by atoms with Gasteiger partial charge >= 0.3 is 11.2 Å². The molecule has 1 rings (SSSR count). The monoisotopic (exact) mass is 314 g/mol. The topological polar surface area (TPSA) is 113 Å². The normalized spacial score (nSPS) is 12.8. The number of nitro benzene ring substituents is 2. The zero-order valence-corrected chi connectivity index (χ0v) is 10.4. The van der Waals surface area contributed by atoms with Crippen LogP contribution in [0, 0.1) is 20.2 Å². The summed E-state index contributed by atoms with van der Waals surface area (Å²) in [6.07, 6.45) is 0. The first-order chi connectivity index (χ1) is 9.09. The molecule has 0 aliphatic heterocycles. The molecule has 0 N–H and O–H groups in total. The minimum Gasteiger partial charge on any atom is -0.489 e. The molecule has 12 heteroatoms. The molecule has 0 bridgehead atoms. The summed E-state index contributed by atoms with van der Waals surface area (Å²) in [5, 5.41) is 21.3. The molecule has 8 nitrogen and oxygen atoms in total. The molecule has 0 amide bonds. The molecule has 0 aliphatic rings. The molecule has 110 valence electrons. The summed E-state index contributed by atoms with van der Waals surface area (Å²) in [7, 11) is -2.88. The third-order valence-electron chi connectivity index (χ3n) is 2.04. The van der Waals surface area contributed by atoms with E-state index in [1.165, 1.54) is 0 Å². The van der Waals surface area contributed by atoms with Gasteiger partial charge in [0.05, 0.1) is 23.0 Å².